The van der Waals surface area contributed by atoms with Crippen LogP contribution in [0.2, 0.25) is 0 Å². The highest BCUT2D eigenvalue weighted by Crippen LogP contribution is 2.13. The van der Waals surface area contributed by atoms with Crippen LogP contribution in [-0.2, 0) is 13.2 Å². The number of benzene rings is 1. The lowest BCUT2D eigenvalue weighted by atomic mass is 10.2. The van der Waals surface area contributed by atoms with E-state index in [2.05, 4.69) is 62.1 Å². The van der Waals surface area contributed by atoms with E-state index in [-0.39, 0.29) is 0 Å². The number of fused-ring (bicyclic) bond motifs is 1. The van der Waals surface area contributed by atoms with Gasteiger partial charge in [-0.1, -0.05) is 28.1 Å². The van der Waals surface area contributed by atoms with Crippen LogP contribution in [-0.4, -0.2) is 31.1 Å². The molecule has 0 bridgehead atoms. The summed E-state index contributed by atoms with van der Waals surface area (Å²) in [6.45, 7) is 5.50. The third-order valence-electron chi connectivity index (χ3n) is 3.62. The van der Waals surface area contributed by atoms with Crippen LogP contribution in [0.15, 0.2) is 34.8 Å². The first kappa shape index (κ1) is 16.3. The summed E-state index contributed by atoms with van der Waals surface area (Å²) < 4.78 is 5.59. The molecule has 3 rings (SSSR count). The highest BCUT2D eigenvalue weighted by molar-refractivity contribution is 9.10. The van der Waals surface area contributed by atoms with Crippen molar-refractivity contribution in [2.75, 3.05) is 7.05 Å². The summed E-state index contributed by atoms with van der Waals surface area (Å²) in [5.41, 5.74) is 3.28. The molecule has 0 amide bonds. The van der Waals surface area contributed by atoms with Gasteiger partial charge >= 0.3 is 0 Å². The summed E-state index contributed by atoms with van der Waals surface area (Å²) in [6, 6.07) is 10.4. The lowest BCUT2D eigenvalue weighted by Gasteiger charge is -2.18. The minimum absolute atomic E-state index is 0.550. The highest BCUT2D eigenvalue weighted by atomic mass is 79.9. The lowest BCUT2D eigenvalue weighted by molar-refractivity contribution is 0.238. The Labute approximate surface area is 148 Å². The standard InChI is InChI=1S/C16H18BrN5S/c1-11-8-12(2)22-15(18-11)19-16(23)21(22)10-20(3)9-13-4-6-14(17)7-5-13/h4-8H,9-10H2,1-3H3. The molecule has 0 atom stereocenters. The third kappa shape index (κ3) is 3.52. The molecule has 0 aliphatic heterocycles. The second-order valence-electron chi connectivity index (χ2n) is 5.73. The second kappa shape index (κ2) is 6.51. The molecule has 0 radical (unpaired) electrons. The predicted octanol–water partition coefficient (Wildman–Crippen LogP) is 3.73. The zero-order valence-corrected chi connectivity index (χ0v) is 15.7. The Morgan fingerprint density at radius 3 is 2.57 bits per heavy atom. The third-order valence-corrected chi connectivity index (χ3v) is 4.45. The summed E-state index contributed by atoms with van der Waals surface area (Å²) in [6.07, 6.45) is 0. The smallest absolute Gasteiger partial charge is 0.252 e. The molecule has 0 unspecified atom stereocenters. The maximum Gasteiger partial charge on any atom is 0.252 e. The van der Waals surface area contributed by atoms with Crippen LogP contribution in [0.5, 0.6) is 0 Å². The molecule has 2 aromatic heterocycles. The highest BCUT2D eigenvalue weighted by Gasteiger charge is 2.10. The van der Waals surface area contributed by atoms with E-state index in [4.69, 9.17) is 12.2 Å². The van der Waals surface area contributed by atoms with Crippen LogP contribution in [0.3, 0.4) is 0 Å². The molecule has 0 N–H and O–H groups in total. The van der Waals surface area contributed by atoms with Gasteiger partial charge in [-0.25, -0.2) is 14.2 Å². The van der Waals surface area contributed by atoms with Crippen LogP contribution in [0.1, 0.15) is 17.0 Å². The SMILES string of the molecule is Cc1cc(C)n2c(n1)nc(=S)n2CN(C)Cc1ccc(Br)cc1. The number of hydrogen-bond acceptors (Lipinski definition) is 4. The van der Waals surface area contributed by atoms with Gasteiger partial charge in [-0.15, -0.1) is 0 Å². The van der Waals surface area contributed by atoms with Crippen molar-refractivity contribution in [3.63, 3.8) is 0 Å². The zero-order chi connectivity index (χ0) is 16.6. The number of rotatable bonds is 4. The van der Waals surface area contributed by atoms with Gasteiger partial charge in [0, 0.05) is 22.4 Å². The number of halogens is 1. The first-order valence-electron chi connectivity index (χ1n) is 7.31. The van der Waals surface area contributed by atoms with Gasteiger partial charge < -0.3 is 0 Å². The summed E-state index contributed by atoms with van der Waals surface area (Å²) in [5, 5.41) is 0. The van der Waals surface area contributed by atoms with Gasteiger partial charge in [0.1, 0.15) is 0 Å². The molecular weight excluding hydrogens is 374 g/mol. The largest absolute Gasteiger partial charge is 0.283 e. The monoisotopic (exact) mass is 391 g/mol. The summed E-state index contributed by atoms with van der Waals surface area (Å²) in [5.74, 6) is 0.657. The Balaban J connectivity index is 1.87. The molecule has 120 valence electrons. The van der Waals surface area contributed by atoms with E-state index >= 15 is 0 Å². The lowest BCUT2D eigenvalue weighted by Crippen LogP contribution is -2.24. The Hall–Kier alpha value is -1.57. The van der Waals surface area contributed by atoms with E-state index in [9.17, 15) is 0 Å². The Bertz CT molecular complexity index is 897. The van der Waals surface area contributed by atoms with E-state index in [1.54, 1.807) is 0 Å². The fourth-order valence-corrected chi connectivity index (χ4v) is 3.15. The van der Waals surface area contributed by atoms with Crippen LogP contribution in [0.25, 0.3) is 5.78 Å². The van der Waals surface area contributed by atoms with E-state index in [0.717, 1.165) is 22.4 Å². The molecule has 0 fully saturated rings. The number of hydrogen-bond donors (Lipinski definition) is 0. The van der Waals surface area contributed by atoms with E-state index < -0.39 is 0 Å². The first-order valence-corrected chi connectivity index (χ1v) is 8.51. The van der Waals surface area contributed by atoms with E-state index in [1.807, 2.05) is 29.1 Å². The molecule has 1 aromatic carbocycles. The second-order valence-corrected chi connectivity index (χ2v) is 7.01. The van der Waals surface area contributed by atoms with Crippen molar-refractivity contribution >= 4 is 33.9 Å². The van der Waals surface area contributed by atoms with E-state index in [0.29, 0.717) is 17.2 Å². The Kier molecular flexibility index (Phi) is 4.61. The number of aryl methyl sites for hydroxylation is 2. The fourth-order valence-electron chi connectivity index (χ4n) is 2.66. The quantitative estimate of drug-likeness (QED) is 0.635. The maximum absolute atomic E-state index is 5.41. The topological polar surface area (TPSA) is 38.4 Å². The molecular formula is C16H18BrN5S. The normalized spacial score (nSPS) is 11.5. The van der Waals surface area contributed by atoms with Crippen LogP contribution in [0.4, 0.5) is 0 Å². The average molecular weight is 392 g/mol. The minimum Gasteiger partial charge on any atom is -0.283 e. The van der Waals surface area contributed by atoms with Crippen molar-refractivity contribution in [2.24, 2.45) is 0 Å². The molecule has 0 spiro atoms. The molecule has 23 heavy (non-hydrogen) atoms. The van der Waals surface area contributed by atoms with Crippen LogP contribution >= 0.6 is 28.1 Å². The zero-order valence-electron chi connectivity index (χ0n) is 13.3. The summed E-state index contributed by atoms with van der Waals surface area (Å²) >= 11 is 8.87. The van der Waals surface area contributed by atoms with Gasteiger partial charge in [0.15, 0.2) is 0 Å². The molecule has 5 nitrogen and oxygen atoms in total. The van der Waals surface area contributed by atoms with Crippen molar-refractivity contribution in [3.8, 4) is 0 Å². The number of aromatic nitrogens is 4. The molecule has 0 aliphatic rings. The maximum atomic E-state index is 5.41. The molecule has 3 aromatic rings. The van der Waals surface area contributed by atoms with Gasteiger partial charge in [-0.3, -0.25) is 4.90 Å². The molecule has 0 saturated heterocycles. The van der Waals surface area contributed by atoms with Gasteiger partial charge in [0.25, 0.3) is 5.78 Å². The predicted molar refractivity (Wildman–Crippen MR) is 96.9 cm³/mol. The van der Waals surface area contributed by atoms with Crippen molar-refractivity contribution in [3.05, 3.63) is 56.5 Å². The molecule has 0 saturated carbocycles. The van der Waals surface area contributed by atoms with Gasteiger partial charge in [-0.2, -0.15) is 4.98 Å². The fraction of sp³-hybridized carbons (Fsp3) is 0.312. The van der Waals surface area contributed by atoms with Crippen molar-refractivity contribution < 1.29 is 0 Å². The van der Waals surface area contributed by atoms with Gasteiger partial charge in [0.05, 0.1) is 6.67 Å². The molecule has 0 aliphatic carbocycles. The van der Waals surface area contributed by atoms with Gasteiger partial charge in [-0.05, 0) is 56.9 Å². The van der Waals surface area contributed by atoms with Crippen molar-refractivity contribution in [1.29, 1.82) is 0 Å². The van der Waals surface area contributed by atoms with Crippen LogP contribution in [0, 0.1) is 18.6 Å². The van der Waals surface area contributed by atoms with Crippen LogP contribution < -0.4 is 0 Å². The molecule has 7 heteroatoms. The minimum atomic E-state index is 0.550. The van der Waals surface area contributed by atoms with Gasteiger partial charge in [0.2, 0.25) is 4.77 Å². The molecule has 2 heterocycles. The summed E-state index contributed by atoms with van der Waals surface area (Å²) in [4.78, 5) is 11.1. The number of nitrogens with zero attached hydrogens (tertiary/aromatic N) is 5. The summed E-state index contributed by atoms with van der Waals surface area (Å²) in [7, 11) is 2.07. The van der Waals surface area contributed by atoms with E-state index in [1.165, 1.54) is 5.56 Å². The van der Waals surface area contributed by atoms with Crippen molar-refractivity contribution in [1.82, 2.24) is 24.1 Å². The Morgan fingerprint density at radius 1 is 1.17 bits per heavy atom. The first-order chi connectivity index (χ1) is 10.9. The Morgan fingerprint density at radius 2 is 1.87 bits per heavy atom. The van der Waals surface area contributed by atoms with Crippen molar-refractivity contribution in [2.45, 2.75) is 27.1 Å². The average Bonchev–Trinajstić information content (AvgIpc) is 2.77.